The molecular weight excluding hydrogens is 358 g/mol. The summed E-state index contributed by atoms with van der Waals surface area (Å²) in [5.41, 5.74) is 3.40. The van der Waals surface area contributed by atoms with Crippen molar-refractivity contribution in [3.8, 4) is 5.69 Å². The van der Waals surface area contributed by atoms with Crippen molar-refractivity contribution in [1.29, 1.82) is 0 Å². The highest BCUT2D eigenvalue weighted by Gasteiger charge is 2.20. The Hall–Kier alpha value is -2.60. The van der Waals surface area contributed by atoms with E-state index in [-0.39, 0.29) is 16.7 Å². The minimum absolute atomic E-state index is 0.0723. The first-order valence-corrected chi connectivity index (χ1v) is 9.83. The summed E-state index contributed by atoms with van der Waals surface area (Å²) < 4.78 is 1.61. The third kappa shape index (κ3) is 4.06. The molecule has 0 saturated heterocycles. The fourth-order valence-electron chi connectivity index (χ4n) is 3.03. The van der Waals surface area contributed by atoms with E-state index in [0.29, 0.717) is 22.6 Å². The zero-order valence-electron chi connectivity index (χ0n) is 15.9. The number of aromatic nitrogens is 2. The lowest BCUT2D eigenvalue weighted by Gasteiger charge is -2.17. The average molecular weight is 382 g/mol. The molecule has 1 heterocycles. The summed E-state index contributed by atoms with van der Waals surface area (Å²) >= 11 is 1.29. The van der Waals surface area contributed by atoms with Crippen LogP contribution in [0.5, 0.6) is 0 Å². The second kappa shape index (κ2) is 7.96. The predicted octanol–water partition coefficient (Wildman–Crippen LogP) is 3.62. The van der Waals surface area contributed by atoms with Gasteiger partial charge in [-0.1, -0.05) is 30.0 Å². The van der Waals surface area contributed by atoms with E-state index in [1.807, 2.05) is 58.0 Å². The minimum atomic E-state index is -0.366. The van der Waals surface area contributed by atoms with E-state index in [9.17, 15) is 9.59 Å². The maximum atomic E-state index is 13.3. The molecule has 0 fully saturated rings. The number of nitrogens with one attached hydrogen (secondary N) is 1. The van der Waals surface area contributed by atoms with Crippen molar-refractivity contribution in [2.24, 2.45) is 0 Å². The quantitative estimate of drug-likeness (QED) is 0.542. The summed E-state index contributed by atoms with van der Waals surface area (Å²) in [6.07, 6.45) is 0. The third-order valence-corrected chi connectivity index (χ3v) is 5.26. The molecule has 6 heteroatoms. The Kier molecular flexibility index (Phi) is 5.65. The van der Waals surface area contributed by atoms with E-state index in [2.05, 4.69) is 11.4 Å². The van der Waals surface area contributed by atoms with Gasteiger partial charge in [0, 0.05) is 6.54 Å². The molecule has 1 amide bonds. The molecule has 1 N–H and O–H groups in total. The molecule has 0 spiro atoms. The van der Waals surface area contributed by atoms with E-state index >= 15 is 0 Å². The van der Waals surface area contributed by atoms with Gasteiger partial charge < -0.3 is 5.32 Å². The van der Waals surface area contributed by atoms with Crippen LogP contribution in [-0.2, 0) is 4.79 Å². The predicted molar refractivity (Wildman–Crippen MR) is 111 cm³/mol. The van der Waals surface area contributed by atoms with Crippen molar-refractivity contribution in [2.75, 3.05) is 6.54 Å². The van der Waals surface area contributed by atoms with E-state index < -0.39 is 0 Å². The Labute approximate surface area is 162 Å². The summed E-state index contributed by atoms with van der Waals surface area (Å²) in [6, 6.07) is 13.3. The van der Waals surface area contributed by atoms with Crippen molar-refractivity contribution in [3.05, 3.63) is 63.9 Å². The molecule has 5 nitrogen and oxygen atoms in total. The van der Waals surface area contributed by atoms with Gasteiger partial charge in [-0.15, -0.1) is 0 Å². The molecule has 1 atom stereocenters. The largest absolute Gasteiger partial charge is 0.355 e. The van der Waals surface area contributed by atoms with Gasteiger partial charge in [0.25, 0.3) is 5.56 Å². The molecule has 2 aromatic carbocycles. The molecule has 1 aromatic heterocycles. The van der Waals surface area contributed by atoms with Crippen molar-refractivity contribution in [3.63, 3.8) is 0 Å². The second-order valence-corrected chi connectivity index (χ2v) is 7.86. The summed E-state index contributed by atoms with van der Waals surface area (Å²) in [4.78, 5) is 30.2. The highest BCUT2D eigenvalue weighted by molar-refractivity contribution is 8.00. The Morgan fingerprint density at radius 2 is 1.85 bits per heavy atom. The summed E-state index contributed by atoms with van der Waals surface area (Å²) in [7, 11) is 0. The maximum absolute atomic E-state index is 13.3. The van der Waals surface area contributed by atoms with Crippen molar-refractivity contribution in [1.82, 2.24) is 14.9 Å². The molecule has 0 saturated carbocycles. The van der Waals surface area contributed by atoms with Gasteiger partial charge in [0.05, 0.1) is 21.8 Å². The normalized spacial score (nSPS) is 12.1. The SMILES string of the molecule is CCNC(=O)[C@@H](C)Sc1nc2ccccc2c(=O)n1-c1cc(C)cc(C)c1. The number of hydrogen-bond donors (Lipinski definition) is 1. The topological polar surface area (TPSA) is 64.0 Å². The Morgan fingerprint density at radius 3 is 2.52 bits per heavy atom. The molecule has 0 bridgehead atoms. The van der Waals surface area contributed by atoms with Gasteiger partial charge in [0.1, 0.15) is 0 Å². The van der Waals surface area contributed by atoms with Crippen LogP contribution in [-0.4, -0.2) is 27.3 Å². The standard InChI is InChI=1S/C21H23N3O2S/c1-5-22-19(25)15(4)27-21-23-18-9-7-6-8-17(18)20(26)24(21)16-11-13(2)10-14(3)12-16/h6-12,15H,5H2,1-4H3,(H,22,25)/t15-/m1/s1. The maximum Gasteiger partial charge on any atom is 0.266 e. The van der Waals surface area contributed by atoms with E-state index in [1.54, 1.807) is 10.6 Å². The molecule has 3 rings (SSSR count). The first-order chi connectivity index (χ1) is 12.9. The highest BCUT2D eigenvalue weighted by atomic mass is 32.2. The van der Waals surface area contributed by atoms with Crippen molar-refractivity contribution < 1.29 is 4.79 Å². The number of hydrogen-bond acceptors (Lipinski definition) is 4. The van der Waals surface area contributed by atoms with Crippen LogP contribution >= 0.6 is 11.8 Å². The van der Waals surface area contributed by atoms with Crippen LogP contribution in [0.15, 0.2) is 52.4 Å². The van der Waals surface area contributed by atoms with Crippen LogP contribution in [0.4, 0.5) is 0 Å². The average Bonchev–Trinajstić information content (AvgIpc) is 2.61. The fourth-order valence-corrected chi connectivity index (χ4v) is 3.98. The second-order valence-electron chi connectivity index (χ2n) is 6.55. The zero-order valence-corrected chi connectivity index (χ0v) is 16.8. The van der Waals surface area contributed by atoms with Gasteiger partial charge in [0.2, 0.25) is 5.91 Å². The smallest absolute Gasteiger partial charge is 0.266 e. The number of carbonyl (C=O) groups is 1. The van der Waals surface area contributed by atoms with Crippen LogP contribution in [0, 0.1) is 13.8 Å². The molecule has 3 aromatic rings. The van der Waals surface area contributed by atoms with Gasteiger partial charge >= 0.3 is 0 Å². The van der Waals surface area contributed by atoms with E-state index in [4.69, 9.17) is 4.98 Å². The van der Waals surface area contributed by atoms with Crippen LogP contribution < -0.4 is 10.9 Å². The minimum Gasteiger partial charge on any atom is -0.355 e. The number of para-hydroxylation sites is 1. The number of fused-ring (bicyclic) bond motifs is 1. The Morgan fingerprint density at radius 1 is 1.19 bits per heavy atom. The molecular formula is C21H23N3O2S. The van der Waals surface area contributed by atoms with Gasteiger partial charge in [0.15, 0.2) is 5.16 Å². The lowest BCUT2D eigenvalue weighted by atomic mass is 10.1. The number of benzene rings is 2. The number of amides is 1. The van der Waals surface area contributed by atoms with Crippen LogP contribution in [0.3, 0.4) is 0 Å². The summed E-state index contributed by atoms with van der Waals surface area (Å²) in [6.45, 7) is 8.27. The van der Waals surface area contributed by atoms with Gasteiger partial charge in [-0.2, -0.15) is 0 Å². The molecule has 140 valence electrons. The van der Waals surface area contributed by atoms with Gasteiger partial charge in [-0.05, 0) is 63.1 Å². The molecule has 0 unspecified atom stereocenters. The van der Waals surface area contributed by atoms with Gasteiger partial charge in [-0.3, -0.25) is 14.2 Å². The molecule has 0 aliphatic carbocycles. The van der Waals surface area contributed by atoms with Crippen molar-refractivity contribution in [2.45, 2.75) is 38.1 Å². The van der Waals surface area contributed by atoms with Crippen LogP contribution in [0.1, 0.15) is 25.0 Å². The Bertz CT molecular complexity index is 1040. The zero-order chi connectivity index (χ0) is 19.6. The summed E-state index contributed by atoms with van der Waals surface area (Å²) in [5.74, 6) is -0.0723. The molecule has 0 aliphatic rings. The molecule has 0 aliphatic heterocycles. The first kappa shape index (κ1) is 19.2. The lowest BCUT2D eigenvalue weighted by Crippen LogP contribution is -2.31. The first-order valence-electron chi connectivity index (χ1n) is 8.95. The number of aryl methyl sites for hydroxylation is 2. The van der Waals surface area contributed by atoms with Crippen molar-refractivity contribution >= 4 is 28.6 Å². The number of nitrogens with zero attached hydrogens (tertiary/aromatic N) is 2. The van der Waals surface area contributed by atoms with Crippen LogP contribution in [0.25, 0.3) is 16.6 Å². The van der Waals surface area contributed by atoms with Crippen LogP contribution in [0.2, 0.25) is 0 Å². The fraction of sp³-hybridized carbons (Fsp3) is 0.286. The van der Waals surface area contributed by atoms with E-state index in [1.165, 1.54) is 11.8 Å². The lowest BCUT2D eigenvalue weighted by molar-refractivity contribution is -0.120. The number of rotatable bonds is 5. The number of carbonyl (C=O) groups excluding carboxylic acids is 1. The molecule has 27 heavy (non-hydrogen) atoms. The number of thioether (sulfide) groups is 1. The van der Waals surface area contributed by atoms with E-state index in [0.717, 1.165) is 16.8 Å². The monoisotopic (exact) mass is 381 g/mol. The van der Waals surface area contributed by atoms with Gasteiger partial charge in [-0.25, -0.2) is 4.98 Å². The Balaban J connectivity index is 2.21. The summed E-state index contributed by atoms with van der Waals surface area (Å²) in [5, 5.41) is 3.53. The molecule has 0 radical (unpaired) electrons. The highest BCUT2D eigenvalue weighted by Crippen LogP contribution is 2.26. The third-order valence-electron chi connectivity index (χ3n) is 4.21.